The van der Waals surface area contributed by atoms with Gasteiger partial charge < -0.3 is 5.32 Å². The number of rotatable bonds is 2. The van der Waals surface area contributed by atoms with E-state index in [9.17, 15) is 4.79 Å². The van der Waals surface area contributed by atoms with Crippen LogP contribution in [0.2, 0.25) is 0 Å². The minimum absolute atomic E-state index is 0.00628. The van der Waals surface area contributed by atoms with Gasteiger partial charge in [0.1, 0.15) is 5.82 Å². The molecule has 1 aliphatic heterocycles. The Labute approximate surface area is 142 Å². The smallest absolute Gasteiger partial charge is 0.226 e. The molecule has 114 valence electrons. The maximum absolute atomic E-state index is 12.2. The molecule has 0 spiro atoms. The van der Waals surface area contributed by atoms with E-state index in [-0.39, 0.29) is 11.8 Å². The minimum atomic E-state index is 0.00628. The van der Waals surface area contributed by atoms with Gasteiger partial charge >= 0.3 is 0 Å². The molecule has 0 radical (unpaired) electrons. The Bertz CT molecular complexity index is 873. The molecule has 4 rings (SSSR count). The van der Waals surface area contributed by atoms with Crippen LogP contribution in [-0.4, -0.2) is 15.7 Å². The van der Waals surface area contributed by atoms with Crippen LogP contribution >= 0.6 is 15.9 Å². The lowest BCUT2D eigenvalue weighted by molar-refractivity contribution is -0.116. The fourth-order valence-corrected chi connectivity index (χ4v) is 3.58. The van der Waals surface area contributed by atoms with E-state index in [1.165, 1.54) is 0 Å². The van der Waals surface area contributed by atoms with Gasteiger partial charge in [-0.2, -0.15) is 5.10 Å². The number of para-hydroxylation sites is 1. The van der Waals surface area contributed by atoms with Crippen LogP contribution in [0.1, 0.15) is 23.5 Å². The highest BCUT2D eigenvalue weighted by Gasteiger charge is 2.31. The van der Waals surface area contributed by atoms with Gasteiger partial charge in [0.25, 0.3) is 0 Å². The summed E-state index contributed by atoms with van der Waals surface area (Å²) in [6, 6.07) is 17.8. The van der Waals surface area contributed by atoms with Crippen molar-refractivity contribution in [2.75, 3.05) is 5.32 Å². The number of carbonyl (C=O) groups is 1. The molecule has 4 nitrogen and oxygen atoms in total. The van der Waals surface area contributed by atoms with Crippen molar-refractivity contribution in [3.8, 4) is 5.69 Å². The van der Waals surface area contributed by atoms with Crippen molar-refractivity contribution >= 4 is 27.7 Å². The van der Waals surface area contributed by atoms with Gasteiger partial charge in [0.2, 0.25) is 5.91 Å². The number of fused-ring (bicyclic) bond motifs is 1. The molecule has 0 saturated carbocycles. The van der Waals surface area contributed by atoms with E-state index in [2.05, 4.69) is 32.4 Å². The molecule has 2 heterocycles. The van der Waals surface area contributed by atoms with Crippen molar-refractivity contribution < 1.29 is 4.79 Å². The summed E-state index contributed by atoms with van der Waals surface area (Å²) >= 11 is 3.60. The van der Waals surface area contributed by atoms with Gasteiger partial charge in [-0.05, 0) is 23.8 Å². The second-order valence-electron chi connectivity index (χ2n) is 5.52. The summed E-state index contributed by atoms with van der Waals surface area (Å²) in [7, 11) is 0. The second-order valence-corrected chi connectivity index (χ2v) is 6.38. The average Bonchev–Trinajstić information content (AvgIpc) is 2.99. The van der Waals surface area contributed by atoms with E-state index >= 15 is 0 Å². The normalized spacial score (nSPS) is 16.7. The van der Waals surface area contributed by atoms with E-state index in [4.69, 9.17) is 0 Å². The molecular weight excluding hydrogens is 354 g/mol. The molecule has 1 aromatic heterocycles. The van der Waals surface area contributed by atoms with Gasteiger partial charge in [0.15, 0.2) is 0 Å². The number of nitrogens with zero attached hydrogens (tertiary/aromatic N) is 2. The Kier molecular flexibility index (Phi) is 3.50. The third-order valence-corrected chi connectivity index (χ3v) is 4.82. The highest BCUT2D eigenvalue weighted by molar-refractivity contribution is 9.10. The van der Waals surface area contributed by atoms with E-state index in [0.29, 0.717) is 6.42 Å². The van der Waals surface area contributed by atoms with Gasteiger partial charge in [0, 0.05) is 22.4 Å². The van der Waals surface area contributed by atoms with Crippen molar-refractivity contribution in [1.29, 1.82) is 0 Å². The van der Waals surface area contributed by atoms with Gasteiger partial charge in [0.05, 0.1) is 11.9 Å². The molecule has 0 fully saturated rings. The van der Waals surface area contributed by atoms with E-state index in [1.54, 1.807) is 4.68 Å². The number of halogens is 1. The van der Waals surface area contributed by atoms with E-state index < -0.39 is 0 Å². The molecule has 23 heavy (non-hydrogen) atoms. The first-order valence-electron chi connectivity index (χ1n) is 7.41. The zero-order chi connectivity index (χ0) is 15.8. The summed E-state index contributed by atoms with van der Waals surface area (Å²) in [5.41, 5.74) is 3.08. The third-order valence-electron chi connectivity index (χ3n) is 4.10. The Balaban J connectivity index is 1.85. The SMILES string of the molecule is O=C1CC(c2ccccc2Br)c2cnn(-c3ccccc3)c2N1. The molecular formula is C18H14BrN3O. The van der Waals surface area contributed by atoms with E-state index in [1.807, 2.05) is 54.7 Å². The van der Waals surface area contributed by atoms with Crippen molar-refractivity contribution in [1.82, 2.24) is 9.78 Å². The standard InChI is InChI=1S/C18H14BrN3O/c19-16-9-5-4-8-13(16)14-10-17(23)21-18-15(14)11-20-22(18)12-6-2-1-3-7-12/h1-9,11,14H,10H2,(H,21,23). The van der Waals surface area contributed by atoms with Gasteiger partial charge in [-0.15, -0.1) is 0 Å². The number of hydrogen-bond acceptors (Lipinski definition) is 2. The topological polar surface area (TPSA) is 46.9 Å². The zero-order valence-electron chi connectivity index (χ0n) is 12.2. The molecule has 3 aromatic rings. The van der Waals surface area contributed by atoms with Gasteiger partial charge in [-0.1, -0.05) is 52.3 Å². The predicted octanol–water partition coefficient (Wildman–Crippen LogP) is 4.11. The summed E-state index contributed by atoms with van der Waals surface area (Å²) in [5.74, 6) is 0.774. The van der Waals surface area contributed by atoms with Crippen LogP contribution in [0.15, 0.2) is 65.3 Å². The lowest BCUT2D eigenvalue weighted by Gasteiger charge is -2.24. The maximum atomic E-state index is 12.2. The highest BCUT2D eigenvalue weighted by atomic mass is 79.9. The number of aromatic nitrogens is 2. The molecule has 0 bridgehead atoms. The molecule has 1 amide bonds. The van der Waals surface area contributed by atoms with Crippen molar-refractivity contribution in [2.24, 2.45) is 0 Å². The number of nitrogens with one attached hydrogen (secondary N) is 1. The Morgan fingerprint density at radius 2 is 1.78 bits per heavy atom. The molecule has 0 aliphatic carbocycles. The van der Waals surface area contributed by atoms with Crippen LogP contribution in [0.4, 0.5) is 5.82 Å². The van der Waals surface area contributed by atoms with E-state index in [0.717, 1.165) is 27.1 Å². The first-order valence-corrected chi connectivity index (χ1v) is 8.21. The zero-order valence-corrected chi connectivity index (χ0v) is 13.8. The third kappa shape index (κ3) is 2.47. The van der Waals surface area contributed by atoms with Crippen molar-refractivity contribution in [2.45, 2.75) is 12.3 Å². The summed E-state index contributed by atoms with van der Waals surface area (Å²) in [6.45, 7) is 0. The molecule has 0 saturated heterocycles. The second kappa shape index (κ2) is 5.66. The maximum Gasteiger partial charge on any atom is 0.226 e. The molecule has 2 aromatic carbocycles. The molecule has 1 unspecified atom stereocenters. The fourth-order valence-electron chi connectivity index (χ4n) is 3.02. The van der Waals surface area contributed by atoms with Crippen molar-refractivity contribution in [3.63, 3.8) is 0 Å². The lowest BCUT2D eigenvalue weighted by Crippen LogP contribution is -2.24. The largest absolute Gasteiger partial charge is 0.310 e. The van der Waals surface area contributed by atoms with Crippen LogP contribution in [-0.2, 0) is 4.79 Å². The van der Waals surface area contributed by atoms with Crippen LogP contribution in [0.3, 0.4) is 0 Å². The summed E-state index contributed by atoms with van der Waals surface area (Å²) < 4.78 is 2.80. The highest BCUT2D eigenvalue weighted by Crippen LogP contribution is 2.40. The Morgan fingerprint density at radius 3 is 2.57 bits per heavy atom. The van der Waals surface area contributed by atoms with Crippen LogP contribution in [0, 0.1) is 0 Å². The van der Waals surface area contributed by atoms with Crippen LogP contribution in [0.5, 0.6) is 0 Å². The number of anilines is 1. The summed E-state index contributed by atoms with van der Waals surface area (Å²) in [6.07, 6.45) is 2.28. The monoisotopic (exact) mass is 367 g/mol. The lowest BCUT2D eigenvalue weighted by atomic mass is 9.87. The Hall–Kier alpha value is -2.40. The fraction of sp³-hybridized carbons (Fsp3) is 0.111. The van der Waals surface area contributed by atoms with Gasteiger partial charge in [-0.25, -0.2) is 4.68 Å². The molecule has 1 aliphatic rings. The molecule has 5 heteroatoms. The number of amides is 1. The first kappa shape index (κ1) is 14.2. The first-order chi connectivity index (χ1) is 11.2. The molecule has 1 N–H and O–H groups in total. The minimum Gasteiger partial charge on any atom is -0.310 e. The van der Waals surface area contributed by atoms with Crippen molar-refractivity contribution in [3.05, 3.63) is 76.4 Å². The van der Waals surface area contributed by atoms with Crippen LogP contribution < -0.4 is 5.32 Å². The average molecular weight is 368 g/mol. The summed E-state index contributed by atoms with van der Waals surface area (Å²) in [5, 5.41) is 7.47. The van der Waals surface area contributed by atoms with Crippen LogP contribution in [0.25, 0.3) is 5.69 Å². The van der Waals surface area contributed by atoms with Gasteiger partial charge in [-0.3, -0.25) is 4.79 Å². The quantitative estimate of drug-likeness (QED) is 0.740. The molecule has 1 atom stereocenters. The Morgan fingerprint density at radius 1 is 1.04 bits per heavy atom. The number of carbonyl (C=O) groups excluding carboxylic acids is 1. The number of benzene rings is 2. The summed E-state index contributed by atoms with van der Waals surface area (Å²) in [4.78, 5) is 12.2. The number of hydrogen-bond donors (Lipinski definition) is 1. The predicted molar refractivity (Wildman–Crippen MR) is 92.8 cm³/mol.